The predicted molar refractivity (Wildman–Crippen MR) is 104 cm³/mol. The lowest BCUT2D eigenvalue weighted by Gasteiger charge is -2.33. The molecule has 2 fully saturated rings. The number of nitrogens with zero attached hydrogens (tertiary/aromatic N) is 2. The van der Waals surface area contributed by atoms with Gasteiger partial charge in [-0.05, 0) is 18.3 Å². The van der Waals surface area contributed by atoms with Crippen molar-refractivity contribution >= 4 is 23.6 Å². The summed E-state index contributed by atoms with van der Waals surface area (Å²) in [5, 5.41) is 2.81. The Bertz CT molecular complexity index is 634. The van der Waals surface area contributed by atoms with Crippen LogP contribution in [-0.4, -0.2) is 91.6 Å². The number of morpholine rings is 1. The molecule has 0 aromatic carbocycles. The molecular weight excluding hydrogens is 380 g/mol. The van der Waals surface area contributed by atoms with Crippen molar-refractivity contribution in [2.45, 2.75) is 45.4 Å². The van der Waals surface area contributed by atoms with E-state index < -0.39 is 30.0 Å². The van der Waals surface area contributed by atoms with Crippen LogP contribution in [0.5, 0.6) is 0 Å². The van der Waals surface area contributed by atoms with E-state index in [-0.39, 0.29) is 24.3 Å². The van der Waals surface area contributed by atoms with Crippen LogP contribution < -0.4 is 11.1 Å². The second-order valence-corrected chi connectivity index (χ2v) is 8.05. The van der Waals surface area contributed by atoms with Gasteiger partial charge in [-0.25, -0.2) is 4.79 Å². The second-order valence-electron chi connectivity index (χ2n) is 8.05. The predicted octanol–water partition coefficient (Wildman–Crippen LogP) is -0.641. The molecule has 2 aliphatic heterocycles. The van der Waals surface area contributed by atoms with Crippen LogP contribution in [-0.2, 0) is 23.9 Å². The zero-order valence-corrected chi connectivity index (χ0v) is 17.6. The lowest BCUT2D eigenvalue weighted by atomic mass is 9.90. The summed E-state index contributed by atoms with van der Waals surface area (Å²) in [6.07, 6.45) is -0.783. The summed E-state index contributed by atoms with van der Waals surface area (Å²) in [6, 6.07) is -2.27. The molecule has 3 N–H and O–H groups in total. The molecule has 2 rings (SSSR count). The molecule has 0 aromatic heterocycles. The number of ether oxygens (including phenoxy) is 2. The van der Waals surface area contributed by atoms with E-state index in [4.69, 9.17) is 15.2 Å². The van der Waals surface area contributed by atoms with Crippen LogP contribution in [0.4, 0.5) is 4.79 Å². The molecule has 2 saturated heterocycles. The highest BCUT2D eigenvalue weighted by molar-refractivity contribution is 5.99. The summed E-state index contributed by atoms with van der Waals surface area (Å²) in [7, 11) is 1.43. The van der Waals surface area contributed by atoms with Gasteiger partial charge >= 0.3 is 6.03 Å². The highest BCUT2D eigenvalue weighted by Gasteiger charge is 2.45. The van der Waals surface area contributed by atoms with E-state index in [0.717, 1.165) is 0 Å². The number of carbonyl (C=O) groups is 4. The average Bonchev–Trinajstić information content (AvgIpc) is 3.08. The normalized spacial score (nSPS) is 24.3. The monoisotopic (exact) mass is 412 g/mol. The highest BCUT2D eigenvalue weighted by Crippen LogP contribution is 2.21. The van der Waals surface area contributed by atoms with Crippen molar-refractivity contribution in [2.24, 2.45) is 17.6 Å². The molecule has 10 heteroatoms. The summed E-state index contributed by atoms with van der Waals surface area (Å²) in [4.78, 5) is 52.5. The Kier molecular flexibility index (Phi) is 7.97. The van der Waals surface area contributed by atoms with E-state index in [1.165, 1.54) is 11.9 Å². The molecule has 2 aliphatic rings. The van der Waals surface area contributed by atoms with Crippen molar-refractivity contribution in [3.63, 3.8) is 0 Å². The van der Waals surface area contributed by atoms with Gasteiger partial charge in [0.2, 0.25) is 11.8 Å². The first-order valence-corrected chi connectivity index (χ1v) is 9.97. The van der Waals surface area contributed by atoms with Crippen molar-refractivity contribution in [3.05, 3.63) is 0 Å². The lowest BCUT2D eigenvalue weighted by Crippen LogP contribution is -2.58. The third-order valence-corrected chi connectivity index (χ3v) is 5.71. The maximum absolute atomic E-state index is 13.2. The number of carbonyl (C=O) groups excluding carboxylic acids is 4. The number of hydrogen-bond donors (Lipinski definition) is 2. The number of urea groups is 1. The first-order valence-electron chi connectivity index (χ1n) is 9.97. The molecule has 29 heavy (non-hydrogen) atoms. The third-order valence-electron chi connectivity index (χ3n) is 5.71. The Hall–Kier alpha value is -2.20. The Morgan fingerprint density at radius 2 is 1.86 bits per heavy atom. The molecule has 4 atom stereocenters. The first kappa shape index (κ1) is 23.1. The zero-order chi connectivity index (χ0) is 21.7. The van der Waals surface area contributed by atoms with Gasteiger partial charge in [0, 0.05) is 20.1 Å². The Morgan fingerprint density at radius 3 is 2.41 bits per heavy atom. The number of primary amides is 1. The minimum atomic E-state index is -1.19. The third kappa shape index (κ3) is 5.66. The van der Waals surface area contributed by atoms with Gasteiger partial charge in [-0.3, -0.25) is 14.4 Å². The number of Topliss-reactive ketones (excluding diaryl/α,β-unsaturated/α-hetero) is 1. The van der Waals surface area contributed by atoms with Gasteiger partial charge in [-0.2, -0.15) is 0 Å². The molecule has 0 spiro atoms. The molecule has 0 radical (unpaired) electrons. The number of amides is 4. The smallest absolute Gasteiger partial charge is 0.318 e. The van der Waals surface area contributed by atoms with Gasteiger partial charge in [0.05, 0.1) is 13.2 Å². The Balaban J connectivity index is 2.17. The fraction of sp³-hybridized carbons (Fsp3) is 0.789. The van der Waals surface area contributed by atoms with Crippen LogP contribution in [0.2, 0.25) is 0 Å². The van der Waals surface area contributed by atoms with E-state index in [0.29, 0.717) is 38.6 Å². The van der Waals surface area contributed by atoms with Gasteiger partial charge in [-0.15, -0.1) is 0 Å². The highest BCUT2D eigenvalue weighted by atomic mass is 16.5. The molecule has 0 bridgehead atoms. The average molecular weight is 412 g/mol. The lowest BCUT2D eigenvalue weighted by molar-refractivity contribution is -0.141. The summed E-state index contributed by atoms with van der Waals surface area (Å²) in [6.45, 7) is 7.59. The number of ketones is 1. The summed E-state index contributed by atoms with van der Waals surface area (Å²) >= 11 is 0. The van der Waals surface area contributed by atoms with Gasteiger partial charge in [0.1, 0.15) is 18.7 Å². The summed E-state index contributed by atoms with van der Waals surface area (Å²) in [5.74, 6) is -1.20. The van der Waals surface area contributed by atoms with Crippen molar-refractivity contribution in [1.29, 1.82) is 0 Å². The minimum absolute atomic E-state index is 0.143. The minimum Gasteiger partial charge on any atom is -0.378 e. The second kappa shape index (κ2) is 10.0. The molecule has 0 aliphatic carbocycles. The maximum atomic E-state index is 13.2. The van der Waals surface area contributed by atoms with E-state index in [1.807, 2.05) is 20.8 Å². The molecule has 164 valence electrons. The van der Waals surface area contributed by atoms with Gasteiger partial charge in [-0.1, -0.05) is 20.8 Å². The van der Waals surface area contributed by atoms with Gasteiger partial charge in [0.15, 0.2) is 11.9 Å². The number of hydrogen-bond acceptors (Lipinski definition) is 6. The number of nitrogens with two attached hydrogens (primary N) is 1. The molecule has 2 heterocycles. The molecule has 4 amide bonds. The topological polar surface area (TPSA) is 131 Å². The maximum Gasteiger partial charge on any atom is 0.318 e. The zero-order valence-electron chi connectivity index (χ0n) is 17.6. The van der Waals surface area contributed by atoms with Crippen LogP contribution in [0.25, 0.3) is 0 Å². The SMILES string of the molecule is CC(C)C(C)C[C@H](NC(=O)N1CCOCC1)C(=O)N(C)C1C(=O)COC1C(N)=O. The molecule has 10 nitrogen and oxygen atoms in total. The van der Waals surface area contributed by atoms with Crippen molar-refractivity contribution in [2.75, 3.05) is 40.0 Å². The first-order chi connectivity index (χ1) is 13.6. The van der Waals surface area contributed by atoms with E-state index in [9.17, 15) is 19.2 Å². The van der Waals surface area contributed by atoms with Crippen LogP contribution in [0.3, 0.4) is 0 Å². The molecule has 0 saturated carbocycles. The standard InChI is InChI=1S/C19H32N4O6/c1-11(2)12(3)9-13(21-19(27)23-5-7-28-8-6-23)18(26)22(4)15-14(24)10-29-16(15)17(20)25/h11-13,15-16H,5-10H2,1-4H3,(H2,20,25)(H,21,27)/t12?,13-,15?,16?/m0/s1. The summed E-state index contributed by atoms with van der Waals surface area (Å²) in [5.41, 5.74) is 5.32. The number of nitrogens with one attached hydrogen (secondary N) is 1. The van der Waals surface area contributed by atoms with E-state index in [2.05, 4.69) is 5.32 Å². The van der Waals surface area contributed by atoms with Crippen LogP contribution >= 0.6 is 0 Å². The van der Waals surface area contributed by atoms with Crippen molar-refractivity contribution in [3.8, 4) is 0 Å². The quantitative estimate of drug-likeness (QED) is 0.572. The number of likely N-dealkylation sites (N-methyl/N-ethyl adjacent to an activating group) is 1. The fourth-order valence-corrected chi connectivity index (χ4v) is 3.43. The molecular formula is C19H32N4O6. The largest absolute Gasteiger partial charge is 0.378 e. The van der Waals surface area contributed by atoms with Crippen LogP contribution in [0, 0.1) is 11.8 Å². The van der Waals surface area contributed by atoms with Gasteiger partial charge < -0.3 is 30.3 Å². The fourth-order valence-electron chi connectivity index (χ4n) is 3.43. The molecule has 3 unspecified atom stereocenters. The van der Waals surface area contributed by atoms with Crippen LogP contribution in [0.15, 0.2) is 0 Å². The summed E-state index contributed by atoms with van der Waals surface area (Å²) < 4.78 is 10.4. The van der Waals surface area contributed by atoms with Crippen molar-refractivity contribution < 1.29 is 28.7 Å². The van der Waals surface area contributed by atoms with Crippen molar-refractivity contribution in [1.82, 2.24) is 15.1 Å². The van der Waals surface area contributed by atoms with Gasteiger partial charge in [0.25, 0.3) is 0 Å². The Labute approximate surface area is 171 Å². The molecule has 0 aromatic rings. The Morgan fingerprint density at radius 1 is 1.24 bits per heavy atom. The van der Waals surface area contributed by atoms with E-state index in [1.54, 1.807) is 4.90 Å². The van der Waals surface area contributed by atoms with E-state index >= 15 is 0 Å². The number of rotatable bonds is 7. The van der Waals surface area contributed by atoms with Crippen LogP contribution in [0.1, 0.15) is 27.2 Å².